The van der Waals surface area contributed by atoms with Crippen molar-refractivity contribution in [3.63, 3.8) is 0 Å². The van der Waals surface area contributed by atoms with Gasteiger partial charge >= 0.3 is 0 Å². The molecule has 0 saturated heterocycles. The van der Waals surface area contributed by atoms with E-state index in [1.165, 1.54) is 11.1 Å². The molecule has 0 radical (unpaired) electrons. The Balaban J connectivity index is 1.50. The second-order valence-electron chi connectivity index (χ2n) is 9.20. The average molecular weight is 380 g/mol. The van der Waals surface area contributed by atoms with Crippen LogP contribution in [0.2, 0.25) is 0 Å². The van der Waals surface area contributed by atoms with E-state index < -0.39 is 0 Å². The summed E-state index contributed by atoms with van der Waals surface area (Å²) >= 11 is 0. The molecule has 0 spiro atoms. The zero-order chi connectivity index (χ0) is 19.6. The van der Waals surface area contributed by atoms with E-state index in [9.17, 15) is 9.90 Å². The molecule has 2 aromatic rings. The monoisotopic (exact) mass is 379 g/mol. The zero-order valence-corrected chi connectivity index (χ0v) is 17.0. The topological polar surface area (TPSA) is 69.2 Å². The summed E-state index contributed by atoms with van der Waals surface area (Å²) in [6, 6.07) is 5.94. The lowest BCUT2D eigenvalue weighted by atomic mass is 9.55. The second kappa shape index (κ2) is 6.10. The number of benzene rings is 1. The number of aromatic nitrogens is 2. The number of carbonyl (C=O) groups is 1. The van der Waals surface area contributed by atoms with E-state index in [0.29, 0.717) is 35.7 Å². The molecule has 1 fully saturated rings. The van der Waals surface area contributed by atoms with Crippen LogP contribution in [0.5, 0.6) is 5.75 Å². The summed E-state index contributed by atoms with van der Waals surface area (Å²) in [7, 11) is 1.85. The highest BCUT2D eigenvalue weighted by Gasteiger charge is 2.55. The van der Waals surface area contributed by atoms with Crippen molar-refractivity contribution >= 4 is 5.91 Å². The number of aryl methyl sites for hydroxylation is 1. The van der Waals surface area contributed by atoms with E-state index in [4.69, 9.17) is 0 Å². The van der Waals surface area contributed by atoms with Crippen molar-refractivity contribution in [3.8, 4) is 5.75 Å². The number of amides is 1. The first-order valence-corrected chi connectivity index (χ1v) is 10.6. The van der Waals surface area contributed by atoms with E-state index in [-0.39, 0.29) is 11.3 Å². The number of phenolic OH excluding ortho intramolecular Hbond substituents is 1. The van der Waals surface area contributed by atoms with E-state index in [0.717, 1.165) is 43.4 Å². The molecule has 3 unspecified atom stereocenters. The van der Waals surface area contributed by atoms with E-state index in [2.05, 4.69) is 23.2 Å². The molecule has 5 rings (SSSR count). The summed E-state index contributed by atoms with van der Waals surface area (Å²) in [5.74, 6) is 2.16. The highest BCUT2D eigenvalue weighted by Crippen LogP contribution is 2.60. The molecule has 1 aromatic heterocycles. The summed E-state index contributed by atoms with van der Waals surface area (Å²) in [5.41, 5.74) is 5.82. The Kier molecular flexibility index (Phi) is 3.87. The van der Waals surface area contributed by atoms with Gasteiger partial charge in [-0.1, -0.05) is 13.0 Å². The normalized spacial score (nSPS) is 30.2. The van der Waals surface area contributed by atoms with Crippen LogP contribution in [0.3, 0.4) is 0 Å². The van der Waals surface area contributed by atoms with Gasteiger partial charge in [0.05, 0.1) is 5.69 Å². The molecule has 5 heteroatoms. The number of rotatable bonds is 2. The molecular formula is C23H29N3O2. The third kappa shape index (κ3) is 2.31. The van der Waals surface area contributed by atoms with Crippen molar-refractivity contribution in [2.45, 2.75) is 57.3 Å². The number of fused-ring (bicyclic) bond motifs is 7. The van der Waals surface area contributed by atoms with Crippen molar-refractivity contribution in [2.75, 3.05) is 13.6 Å². The Morgan fingerprint density at radius 2 is 2.21 bits per heavy atom. The van der Waals surface area contributed by atoms with Crippen molar-refractivity contribution in [3.05, 3.63) is 46.3 Å². The van der Waals surface area contributed by atoms with Gasteiger partial charge in [-0.05, 0) is 80.0 Å². The van der Waals surface area contributed by atoms with E-state index in [1.54, 1.807) is 4.90 Å². The molecule has 1 saturated carbocycles. The summed E-state index contributed by atoms with van der Waals surface area (Å²) in [4.78, 5) is 14.6. The predicted octanol–water partition coefficient (Wildman–Crippen LogP) is 3.78. The van der Waals surface area contributed by atoms with Gasteiger partial charge in [0.15, 0.2) is 0 Å². The van der Waals surface area contributed by atoms with Crippen LogP contribution >= 0.6 is 0 Å². The van der Waals surface area contributed by atoms with Crippen molar-refractivity contribution in [2.24, 2.45) is 11.8 Å². The number of nitrogens with one attached hydrogen (secondary N) is 1. The van der Waals surface area contributed by atoms with Gasteiger partial charge in [0, 0.05) is 24.6 Å². The van der Waals surface area contributed by atoms with Gasteiger partial charge in [-0.3, -0.25) is 9.89 Å². The van der Waals surface area contributed by atoms with Crippen molar-refractivity contribution in [1.82, 2.24) is 15.1 Å². The van der Waals surface area contributed by atoms with Gasteiger partial charge in [0.25, 0.3) is 5.91 Å². The molecule has 28 heavy (non-hydrogen) atoms. The second-order valence-corrected chi connectivity index (χ2v) is 9.20. The number of H-pyrrole nitrogens is 1. The summed E-state index contributed by atoms with van der Waals surface area (Å²) in [6.45, 7) is 5.06. The number of hydrogen-bond acceptors (Lipinski definition) is 3. The first-order chi connectivity index (χ1) is 13.4. The van der Waals surface area contributed by atoms with Crippen LogP contribution in [-0.2, 0) is 18.3 Å². The van der Waals surface area contributed by atoms with Crippen LogP contribution in [0.25, 0.3) is 0 Å². The number of hydrogen-bond donors (Lipinski definition) is 2. The molecule has 4 atom stereocenters. The fourth-order valence-electron chi connectivity index (χ4n) is 6.33. The molecule has 5 nitrogen and oxygen atoms in total. The molecule has 0 aliphatic heterocycles. The highest BCUT2D eigenvalue weighted by atomic mass is 16.3. The molecule has 1 heterocycles. The molecule has 1 aromatic carbocycles. The Hall–Kier alpha value is -2.30. The molecule has 2 N–H and O–H groups in total. The Labute approximate surface area is 166 Å². The number of aromatic hydroxyl groups is 1. The summed E-state index contributed by atoms with van der Waals surface area (Å²) in [5, 5.41) is 17.6. The Morgan fingerprint density at radius 3 is 3.00 bits per heavy atom. The molecule has 3 aliphatic carbocycles. The smallest absolute Gasteiger partial charge is 0.271 e. The summed E-state index contributed by atoms with van der Waals surface area (Å²) in [6.07, 6.45) is 5.41. The number of nitrogens with zero attached hydrogens (tertiary/aromatic N) is 2. The lowest BCUT2D eigenvalue weighted by Crippen LogP contribution is -2.43. The average Bonchev–Trinajstić information content (AvgIpc) is 3.24. The van der Waals surface area contributed by atoms with Gasteiger partial charge in [-0.2, -0.15) is 5.10 Å². The van der Waals surface area contributed by atoms with Crippen LogP contribution in [-0.4, -0.2) is 39.7 Å². The number of carbonyl (C=O) groups excluding carboxylic acids is 1. The lowest BCUT2D eigenvalue weighted by molar-refractivity contribution is 0.0792. The minimum Gasteiger partial charge on any atom is -0.508 e. The van der Waals surface area contributed by atoms with Crippen molar-refractivity contribution < 1.29 is 9.90 Å². The molecular weight excluding hydrogens is 350 g/mol. The molecule has 1 amide bonds. The Bertz CT molecular complexity index is 949. The van der Waals surface area contributed by atoms with Crippen molar-refractivity contribution in [1.29, 1.82) is 0 Å². The maximum atomic E-state index is 12.8. The van der Waals surface area contributed by atoms with Crippen LogP contribution in [0.1, 0.15) is 71.9 Å². The van der Waals surface area contributed by atoms with E-state index >= 15 is 0 Å². The fourth-order valence-corrected chi connectivity index (χ4v) is 6.33. The first-order valence-electron chi connectivity index (χ1n) is 10.6. The third-order valence-electron chi connectivity index (χ3n) is 7.97. The van der Waals surface area contributed by atoms with Gasteiger partial charge in [0.1, 0.15) is 11.4 Å². The fraction of sp³-hybridized carbons (Fsp3) is 0.565. The number of aromatic amines is 1. The van der Waals surface area contributed by atoms with Gasteiger partial charge in [0.2, 0.25) is 0 Å². The largest absolute Gasteiger partial charge is 0.508 e. The van der Waals surface area contributed by atoms with Gasteiger partial charge in [-0.15, -0.1) is 0 Å². The van der Waals surface area contributed by atoms with Crippen LogP contribution in [0, 0.1) is 11.8 Å². The third-order valence-corrected chi connectivity index (χ3v) is 7.97. The first kappa shape index (κ1) is 17.8. The van der Waals surface area contributed by atoms with Gasteiger partial charge < -0.3 is 10.0 Å². The molecule has 3 aliphatic rings. The van der Waals surface area contributed by atoms with Crippen LogP contribution in [0.4, 0.5) is 0 Å². The maximum absolute atomic E-state index is 12.8. The van der Waals surface area contributed by atoms with Gasteiger partial charge in [-0.25, -0.2) is 0 Å². The maximum Gasteiger partial charge on any atom is 0.271 e. The summed E-state index contributed by atoms with van der Waals surface area (Å²) < 4.78 is 0. The minimum absolute atomic E-state index is 0.0551. The Morgan fingerprint density at radius 1 is 1.39 bits per heavy atom. The quantitative estimate of drug-likeness (QED) is 0.834. The minimum atomic E-state index is 0.0551. The van der Waals surface area contributed by atoms with E-state index in [1.807, 2.05) is 26.1 Å². The predicted molar refractivity (Wildman–Crippen MR) is 108 cm³/mol. The van der Waals surface area contributed by atoms with Crippen LogP contribution < -0.4 is 0 Å². The number of phenols is 1. The molecule has 148 valence electrons. The zero-order valence-electron chi connectivity index (χ0n) is 17.0. The highest BCUT2D eigenvalue weighted by molar-refractivity contribution is 5.94. The lowest BCUT2D eigenvalue weighted by Gasteiger charge is -2.49. The molecule has 0 bridgehead atoms. The standard InChI is InChI=1S/C23H29N3O2/c1-4-26(3)22(28)20-18-12-19-17-7-5-13-11-14(27)6-8-15(13)16(17)9-10-23(19,2)21(18)25-24-20/h6,8,11,16-17,19,27H,4-5,7,9-10,12H2,1-3H3,(H,24,25)/t16?,17?,19?,23-/m0/s1. The SMILES string of the molecule is CCN(C)C(=O)c1[nH]nc2c1CC1C3CCc4cc(O)ccc4C3CC[C@]21C. The van der Waals surface area contributed by atoms with Crippen LogP contribution in [0.15, 0.2) is 18.2 Å².